The standard InChI is InChI=1S/C13H19BrN2O3S/c14-10-7-11(20-9-10)8-16-13(19)15-6-4-2-1-3-5-12(17)18/h7,9H,1-6,8H2,(H,17,18)(H2,15,16,19). The summed E-state index contributed by atoms with van der Waals surface area (Å²) < 4.78 is 1.03. The zero-order chi connectivity index (χ0) is 14.8. The summed E-state index contributed by atoms with van der Waals surface area (Å²) in [5.74, 6) is -0.747. The number of hydrogen-bond acceptors (Lipinski definition) is 3. The van der Waals surface area contributed by atoms with Gasteiger partial charge in [-0.2, -0.15) is 0 Å². The normalized spacial score (nSPS) is 10.2. The van der Waals surface area contributed by atoms with E-state index in [-0.39, 0.29) is 12.5 Å². The molecule has 0 atom stereocenters. The Morgan fingerprint density at radius 3 is 2.60 bits per heavy atom. The first-order valence-corrected chi connectivity index (χ1v) is 8.21. The Balaban J connectivity index is 1.96. The molecule has 2 amide bonds. The second-order valence-electron chi connectivity index (χ2n) is 4.40. The summed E-state index contributed by atoms with van der Waals surface area (Å²) in [5, 5.41) is 16.0. The Hall–Kier alpha value is -1.08. The number of rotatable bonds is 9. The van der Waals surface area contributed by atoms with Crippen LogP contribution in [0.2, 0.25) is 0 Å². The van der Waals surface area contributed by atoms with Gasteiger partial charge in [0.2, 0.25) is 0 Å². The molecule has 3 N–H and O–H groups in total. The van der Waals surface area contributed by atoms with Crippen molar-refractivity contribution in [2.24, 2.45) is 0 Å². The molecule has 1 rings (SSSR count). The monoisotopic (exact) mass is 362 g/mol. The molecule has 0 spiro atoms. The molecule has 0 saturated heterocycles. The lowest BCUT2D eigenvalue weighted by atomic mass is 10.1. The Morgan fingerprint density at radius 2 is 1.95 bits per heavy atom. The molecule has 0 unspecified atom stereocenters. The zero-order valence-corrected chi connectivity index (χ0v) is 13.6. The molecular weight excluding hydrogens is 344 g/mol. The van der Waals surface area contributed by atoms with E-state index >= 15 is 0 Å². The van der Waals surface area contributed by atoms with Crippen molar-refractivity contribution in [2.75, 3.05) is 6.54 Å². The predicted octanol–water partition coefficient (Wildman–Crippen LogP) is 3.34. The second kappa shape index (κ2) is 9.77. The van der Waals surface area contributed by atoms with Crippen LogP contribution in [0.5, 0.6) is 0 Å². The molecule has 5 nitrogen and oxygen atoms in total. The number of amides is 2. The molecule has 0 fully saturated rings. The molecule has 0 aromatic carbocycles. The molecule has 1 aromatic rings. The Labute approximate surface area is 130 Å². The lowest BCUT2D eigenvalue weighted by molar-refractivity contribution is -0.137. The van der Waals surface area contributed by atoms with Crippen molar-refractivity contribution in [1.82, 2.24) is 10.6 Å². The van der Waals surface area contributed by atoms with Crippen LogP contribution in [0.3, 0.4) is 0 Å². The summed E-state index contributed by atoms with van der Waals surface area (Å²) in [6.45, 7) is 1.15. The molecule has 1 heterocycles. The number of carboxylic acids is 1. The predicted molar refractivity (Wildman–Crippen MR) is 83.0 cm³/mol. The third-order valence-corrected chi connectivity index (χ3v) is 4.35. The van der Waals surface area contributed by atoms with Gasteiger partial charge in [0.1, 0.15) is 0 Å². The molecule has 0 aliphatic rings. The van der Waals surface area contributed by atoms with Crippen LogP contribution < -0.4 is 10.6 Å². The van der Waals surface area contributed by atoms with E-state index in [1.54, 1.807) is 11.3 Å². The van der Waals surface area contributed by atoms with Gasteiger partial charge in [-0.3, -0.25) is 4.79 Å². The van der Waals surface area contributed by atoms with Gasteiger partial charge in [-0.25, -0.2) is 4.79 Å². The molecule has 7 heteroatoms. The highest BCUT2D eigenvalue weighted by Crippen LogP contribution is 2.19. The zero-order valence-electron chi connectivity index (χ0n) is 11.2. The maximum absolute atomic E-state index is 11.5. The van der Waals surface area contributed by atoms with Gasteiger partial charge in [0.05, 0.1) is 6.54 Å². The number of carbonyl (C=O) groups excluding carboxylic acids is 1. The van der Waals surface area contributed by atoms with Crippen molar-refractivity contribution < 1.29 is 14.7 Å². The minimum atomic E-state index is -0.747. The van der Waals surface area contributed by atoms with Crippen LogP contribution in [0.15, 0.2) is 15.9 Å². The number of aliphatic carboxylic acids is 1. The van der Waals surface area contributed by atoms with Gasteiger partial charge >= 0.3 is 12.0 Å². The topological polar surface area (TPSA) is 78.4 Å². The number of carboxylic acid groups (broad SMARTS) is 1. The number of nitrogens with one attached hydrogen (secondary N) is 2. The third-order valence-electron chi connectivity index (χ3n) is 2.65. The van der Waals surface area contributed by atoms with Gasteiger partial charge in [0, 0.05) is 27.7 Å². The van der Waals surface area contributed by atoms with Gasteiger partial charge in [-0.1, -0.05) is 12.8 Å². The summed E-state index contributed by atoms with van der Waals surface area (Å²) in [7, 11) is 0. The molecule has 0 aliphatic heterocycles. The van der Waals surface area contributed by atoms with Crippen LogP contribution in [0.25, 0.3) is 0 Å². The van der Waals surface area contributed by atoms with E-state index in [1.807, 2.05) is 11.4 Å². The minimum Gasteiger partial charge on any atom is -0.481 e. The van der Waals surface area contributed by atoms with Crippen LogP contribution in [-0.4, -0.2) is 23.7 Å². The molecule has 112 valence electrons. The molecule has 0 bridgehead atoms. The van der Waals surface area contributed by atoms with E-state index in [9.17, 15) is 9.59 Å². The average Bonchev–Trinajstić information content (AvgIpc) is 2.81. The molecule has 1 aromatic heterocycles. The van der Waals surface area contributed by atoms with Crippen molar-refractivity contribution in [3.8, 4) is 0 Å². The fraction of sp³-hybridized carbons (Fsp3) is 0.538. The molecule has 20 heavy (non-hydrogen) atoms. The van der Waals surface area contributed by atoms with Gasteiger partial charge in [0.25, 0.3) is 0 Å². The van der Waals surface area contributed by atoms with Crippen LogP contribution in [0.4, 0.5) is 4.79 Å². The summed E-state index contributed by atoms with van der Waals surface area (Å²) in [6.07, 6.45) is 3.63. The van der Waals surface area contributed by atoms with E-state index in [0.29, 0.717) is 19.5 Å². The Bertz CT molecular complexity index is 437. The van der Waals surface area contributed by atoms with E-state index in [0.717, 1.165) is 28.6 Å². The highest BCUT2D eigenvalue weighted by atomic mass is 79.9. The van der Waals surface area contributed by atoms with E-state index < -0.39 is 5.97 Å². The lowest BCUT2D eigenvalue weighted by Gasteiger charge is -2.06. The number of urea groups is 1. The summed E-state index contributed by atoms with van der Waals surface area (Å²) in [5.41, 5.74) is 0. The van der Waals surface area contributed by atoms with Crippen molar-refractivity contribution in [2.45, 2.75) is 38.6 Å². The van der Waals surface area contributed by atoms with Crippen LogP contribution in [0.1, 0.15) is 37.0 Å². The number of thiophene rings is 1. The highest BCUT2D eigenvalue weighted by Gasteiger charge is 2.02. The number of halogens is 1. The SMILES string of the molecule is O=C(O)CCCCCCNC(=O)NCc1cc(Br)cs1. The minimum absolute atomic E-state index is 0.167. The van der Waals surface area contributed by atoms with Crippen molar-refractivity contribution in [3.63, 3.8) is 0 Å². The molecule has 0 saturated carbocycles. The first kappa shape index (κ1) is 17.0. The molecular formula is C13H19BrN2O3S. The Morgan fingerprint density at radius 1 is 1.20 bits per heavy atom. The van der Waals surface area contributed by atoms with Gasteiger partial charge < -0.3 is 15.7 Å². The van der Waals surface area contributed by atoms with E-state index in [4.69, 9.17) is 5.11 Å². The average molecular weight is 363 g/mol. The fourth-order valence-corrected chi connectivity index (χ4v) is 3.02. The van der Waals surface area contributed by atoms with Crippen molar-refractivity contribution in [3.05, 3.63) is 20.8 Å². The van der Waals surface area contributed by atoms with Crippen LogP contribution in [0, 0.1) is 0 Å². The summed E-state index contributed by atoms with van der Waals surface area (Å²) in [6, 6.07) is 1.81. The summed E-state index contributed by atoms with van der Waals surface area (Å²) >= 11 is 4.96. The van der Waals surface area contributed by atoms with Gasteiger partial charge in [0.15, 0.2) is 0 Å². The smallest absolute Gasteiger partial charge is 0.315 e. The molecule has 0 aliphatic carbocycles. The maximum atomic E-state index is 11.5. The fourth-order valence-electron chi connectivity index (χ4n) is 1.63. The number of hydrogen-bond donors (Lipinski definition) is 3. The van der Waals surface area contributed by atoms with Crippen molar-refractivity contribution >= 4 is 39.3 Å². The number of carbonyl (C=O) groups is 2. The summed E-state index contributed by atoms with van der Waals surface area (Å²) in [4.78, 5) is 22.9. The lowest BCUT2D eigenvalue weighted by Crippen LogP contribution is -2.35. The first-order chi connectivity index (χ1) is 9.58. The second-order valence-corrected chi connectivity index (χ2v) is 6.31. The largest absolute Gasteiger partial charge is 0.481 e. The van der Waals surface area contributed by atoms with Gasteiger partial charge in [-0.05, 0) is 34.8 Å². The van der Waals surface area contributed by atoms with Crippen LogP contribution >= 0.6 is 27.3 Å². The third kappa shape index (κ3) is 8.16. The first-order valence-electron chi connectivity index (χ1n) is 6.54. The van der Waals surface area contributed by atoms with E-state index in [1.165, 1.54) is 0 Å². The van der Waals surface area contributed by atoms with Crippen LogP contribution in [-0.2, 0) is 11.3 Å². The van der Waals surface area contributed by atoms with Gasteiger partial charge in [-0.15, -0.1) is 11.3 Å². The quantitative estimate of drug-likeness (QED) is 0.589. The maximum Gasteiger partial charge on any atom is 0.315 e. The number of unbranched alkanes of at least 4 members (excludes halogenated alkanes) is 3. The van der Waals surface area contributed by atoms with E-state index in [2.05, 4.69) is 26.6 Å². The Kier molecular flexibility index (Phi) is 8.29. The van der Waals surface area contributed by atoms with Crippen molar-refractivity contribution in [1.29, 1.82) is 0 Å². The highest BCUT2D eigenvalue weighted by molar-refractivity contribution is 9.10. The molecule has 0 radical (unpaired) electrons.